The molecule has 0 fully saturated rings. The molecular formula is C15H14BrNOS. The number of hydrogen-bond acceptors (Lipinski definition) is 2. The zero-order valence-corrected chi connectivity index (χ0v) is 13.1. The van der Waals surface area contributed by atoms with Crippen molar-refractivity contribution in [2.24, 2.45) is 0 Å². The SMILES string of the molecule is Cc1cc(Br)cc(C)c1NC(=O)C=Cc1cccs1. The van der Waals surface area contributed by atoms with Crippen LogP contribution in [0.1, 0.15) is 16.0 Å². The smallest absolute Gasteiger partial charge is 0.248 e. The molecule has 0 spiro atoms. The topological polar surface area (TPSA) is 29.1 Å². The van der Waals surface area contributed by atoms with Crippen molar-refractivity contribution in [3.8, 4) is 0 Å². The Bertz CT molecular complexity index is 594. The average molecular weight is 336 g/mol. The monoisotopic (exact) mass is 335 g/mol. The molecule has 0 saturated carbocycles. The van der Waals surface area contributed by atoms with Crippen LogP contribution in [0.3, 0.4) is 0 Å². The van der Waals surface area contributed by atoms with Crippen LogP contribution in [-0.2, 0) is 4.79 Å². The highest BCUT2D eigenvalue weighted by molar-refractivity contribution is 9.10. The van der Waals surface area contributed by atoms with E-state index >= 15 is 0 Å². The zero-order chi connectivity index (χ0) is 13.8. The fourth-order valence-corrected chi connectivity index (χ4v) is 3.12. The van der Waals surface area contributed by atoms with Gasteiger partial charge in [0.1, 0.15) is 0 Å². The van der Waals surface area contributed by atoms with Crippen LogP contribution in [0.5, 0.6) is 0 Å². The van der Waals surface area contributed by atoms with Gasteiger partial charge in [0, 0.05) is 21.1 Å². The molecule has 1 heterocycles. The molecule has 2 rings (SSSR count). The molecule has 4 heteroatoms. The van der Waals surface area contributed by atoms with Gasteiger partial charge in [-0.05, 0) is 54.6 Å². The van der Waals surface area contributed by atoms with Crippen molar-refractivity contribution in [3.05, 3.63) is 56.2 Å². The first-order valence-corrected chi connectivity index (χ1v) is 7.53. The molecule has 0 aliphatic heterocycles. The van der Waals surface area contributed by atoms with Crippen molar-refractivity contribution in [3.63, 3.8) is 0 Å². The number of rotatable bonds is 3. The molecule has 0 aliphatic carbocycles. The standard InChI is InChI=1S/C15H14BrNOS/c1-10-8-12(16)9-11(2)15(10)17-14(18)6-5-13-4-3-7-19-13/h3-9H,1-2H3,(H,17,18). The van der Waals surface area contributed by atoms with Crippen molar-refractivity contribution in [1.29, 1.82) is 0 Å². The summed E-state index contributed by atoms with van der Waals surface area (Å²) < 4.78 is 1.02. The minimum atomic E-state index is -0.109. The van der Waals surface area contributed by atoms with Crippen molar-refractivity contribution in [2.45, 2.75) is 13.8 Å². The Labute approximate surface area is 125 Å². The highest BCUT2D eigenvalue weighted by Gasteiger charge is 2.06. The Morgan fingerprint density at radius 1 is 1.32 bits per heavy atom. The van der Waals surface area contributed by atoms with Gasteiger partial charge in [-0.3, -0.25) is 4.79 Å². The number of nitrogens with one attached hydrogen (secondary N) is 1. The molecule has 2 aromatic rings. The first-order valence-electron chi connectivity index (χ1n) is 5.85. The van der Waals surface area contributed by atoms with E-state index in [-0.39, 0.29) is 5.91 Å². The summed E-state index contributed by atoms with van der Waals surface area (Å²) in [5.41, 5.74) is 2.97. The van der Waals surface area contributed by atoms with Gasteiger partial charge in [-0.1, -0.05) is 22.0 Å². The lowest BCUT2D eigenvalue weighted by atomic mass is 10.1. The summed E-state index contributed by atoms with van der Waals surface area (Å²) in [5.74, 6) is -0.109. The lowest BCUT2D eigenvalue weighted by molar-refractivity contribution is -0.111. The molecular weight excluding hydrogens is 322 g/mol. The van der Waals surface area contributed by atoms with Gasteiger partial charge < -0.3 is 5.32 Å². The minimum Gasteiger partial charge on any atom is -0.322 e. The maximum Gasteiger partial charge on any atom is 0.248 e. The molecule has 0 saturated heterocycles. The van der Waals surface area contributed by atoms with Crippen molar-refractivity contribution in [1.82, 2.24) is 0 Å². The number of halogens is 1. The van der Waals surface area contributed by atoms with E-state index in [9.17, 15) is 4.79 Å². The fraction of sp³-hybridized carbons (Fsp3) is 0.133. The third-order valence-electron chi connectivity index (χ3n) is 2.69. The predicted molar refractivity (Wildman–Crippen MR) is 85.6 cm³/mol. The molecule has 0 atom stereocenters. The van der Waals surface area contributed by atoms with Gasteiger partial charge in [-0.2, -0.15) is 0 Å². The summed E-state index contributed by atoms with van der Waals surface area (Å²) in [5, 5.41) is 4.91. The van der Waals surface area contributed by atoms with Crippen LogP contribution in [0.25, 0.3) is 6.08 Å². The third-order valence-corrected chi connectivity index (χ3v) is 3.98. The second-order valence-electron chi connectivity index (χ2n) is 4.25. The maximum absolute atomic E-state index is 11.9. The quantitative estimate of drug-likeness (QED) is 0.803. The first-order chi connectivity index (χ1) is 9.06. The van der Waals surface area contributed by atoms with Crippen molar-refractivity contribution >= 4 is 44.9 Å². The summed E-state index contributed by atoms with van der Waals surface area (Å²) >= 11 is 5.05. The Morgan fingerprint density at radius 2 is 2.00 bits per heavy atom. The van der Waals surface area contributed by atoms with Gasteiger partial charge in [0.15, 0.2) is 0 Å². The highest BCUT2D eigenvalue weighted by atomic mass is 79.9. The largest absolute Gasteiger partial charge is 0.322 e. The fourth-order valence-electron chi connectivity index (χ4n) is 1.82. The van der Waals surface area contributed by atoms with E-state index in [1.165, 1.54) is 0 Å². The minimum absolute atomic E-state index is 0.109. The van der Waals surface area contributed by atoms with Gasteiger partial charge in [0.2, 0.25) is 5.91 Å². The Kier molecular flexibility index (Phi) is 4.56. The number of carbonyl (C=O) groups is 1. The van der Waals surface area contributed by atoms with Crippen LogP contribution in [0.15, 0.2) is 40.2 Å². The highest BCUT2D eigenvalue weighted by Crippen LogP contribution is 2.25. The average Bonchev–Trinajstić information content (AvgIpc) is 2.84. The number of carbonyl (C=O) groups excluding carboxylic acids is 1. The van der Waals surface area contributed by atoms with Crippen molar-refractivity contribution < 1.29 is 4.79 Å². The zero-order valence-electron chi connectivity index (χ0n) is 10.7. The lowest BCUT2D eigenvalue weighted by Crippen LogP contribution is -2.10. The second-order valence-corrected chi connectivity index (χ2v) is 6.15. The van der Waals surface area contributed by atoms with E-state index in [0.29, 0.717) is 0 Å². The number of anilines is 1. The molecule has 1 amide bonds. The number of benzene rings is 1. The summed E-state index contributed by atoms with van der Waals surface area (Å²) in [6.45, 7) is 3.96. The number of thiophene rings is 1. The van der Waals surface area contributed by atoms with E-state index in [1.54, 1.807) is 17.4 Å². The number of amides is 1. The molecule has 1 aromatic carbocycles. The Hall–Kier alpha value is -1.39. The van der Waals surface area contributed by atoms with E-state index < -0.39 is 0 Å². The molecule has 0 aliphatic rings. The Morgan fingerprint density at radius 3 is 2.58 bits per heavy atom. The van der Waals surface area contributed by atoms with E-state index in [0.717, 1.165) is 26.2 Å². The molecule has 0 unspecified atom stereocenters. The molecule has 1 aromatic heterocycles. The maximum atomic E-state index is 11.9. The van der Waals surface area contributed by atoms with E-state index in [1.807, 2.05) is 49.6 Å². The second kappa shape index (κ2) is 6.17. The first kappa shape index (κ1) is 14.0. The van der Waals surface area contributed by atoms with Crippen molar-refractivity contribution in [2.75, 3.05) is 5.32 Å². The summed E-state index contributed by atoms with van der Waals surface area (Å²) in [6.07, 6.45) is 3.39. The number of aryl methyl sites for hydroxylation is 2. The van der Waals surface area contributed by atoms with Gasteiger partial charge in [-0.15, -0.1) is 11.3 Å². The van der Waals surface area contributed by atoms with Crippen LogP contribution in [0, 0.1) is 13.8 Å². The summed E-state index contributed by atoms with van der Waals surface area (Å²) in [4.78, 5) is 13.0. The molecule has 98 valence electrons. The summed E-state index contributed by atoms with van der Waals surface area (Å²) in [6, 6.07) is 7.92. The number of hydrogen-bond donors (Lipinski definition) is 1. The molecule has 0 radical (unpaired) electrons. The normalized spacial score (nSPS) is 10.9. The van der Waals surface area contributed by atoms with Crippen LogP contribution in [0.2, 0.25) is 0 Å². The molecule has 19 heavy (non-hydrogen) atoms. The van der Waals surface area contributed by atoms with E-state index in [4.69, 9.17) is 0 Å². The van der Waals surface area contributed by atoms with Gasteiger partial charge in [-0.25, -0.2) is 0 Å². The third kappa shape index (κ3) is 3.78. The van der Waals surface area contributed by atoms with Gasteiger partial charge in [0.05, 0.1) is 0 Å². The Balaban J connectivity index is 2.11. The van der Waals surface area contributed by atoms with Crippen LogP contribution < -0.4 is 5.32 Å². The molecule has 0 bridgehead atoms. The van der Waals surface area contributed by atoms with Gasteiger partial charge in [0.25, 0.3) is 0 Å². The molecule has 2 nitrogen and oxygen atoms in total. The predicted octanol–water partition coefficient (Wildman–Crippen LogP) is 4.78. The summed E-state index contributed by atoms with van der Waals surface area (Å²) in [7, 11) is 0. The van der Waals surface area contributed by atoms with Gasteiger partial charge >= 0.3 is 0 Å². The molecule has 1 N–H and O–H groups in total. The lowest BCUT2D eigenvalue weighted by Gasteiger charge is -2.10. The van der Waals surface area contributed by atoms with Crippen LogP contribution in [-0.4, -0.2) is 5.91 Å². The van der Waals surface area contributed by atoms with Crippen LogP contribution in [0.4, 0.5) is 5.69 Å². The van der Waals surface area contributed by atoms with E-state index in [2.05, 4.69) is 21.2 Å². The van der Waals surface area contributed by atoms with Crippen LogP contribution >= 0.6 is 27.3 Å².